The highest BCUT2D eigenvalue weighted by atomic mass is 35.5. The van der Waals surface area contributed by atoms with E-state index in [-0.39, 0.29) is 28.6 Å². The van der Waals surface area contributed by atoms with E-state index in [4.69, 9.17) is 17.3 Å². The second-order valence-electron chi connectivity index (χ2n) is 7.17. The van der Waals surface area contributed by atoms with Crippen LogP contribution in [0.25, 0.3) is 21.2 Å². The topological polar surface area (TPSA) is 68.3 Å². The maximum atomic E-state index is 13.5. The number of nitrogens with two attached hydrogens (primary N) is 1. The van der Waals surface area contributed by atoms with Crippen molar-refractivity contribution < 1.29 is 9.18 Å². The number of likely N-dealkylation sites (tertiary alicyclic amines) is 1. The number of carbonyl (C=O) groups excluding carboxylic acids is 1. The van der Waals surface area contributed by atoms with Crippen LogP contribution in [0.5, 0.6) is 0 Å². The first-order chi connectivity index (χ1) is 12.7. The molecule has 0 spiro atoms. The number of benzene rings is 1. The number of pyridine rings is 1. The number of aromatic nitrogens is 1. The van der Waals surface area contributed by atoms with Crippen molar-refractivity contribution >= 4 is 38.9 Å². The molecule has 8 heteroatoms. The van der Waals surface area contributed by atoms with Crippen LogP contribution < -0.4 is 11.3 Å². The van der Waals surface area contributed by atoms with Gasteiger partial charge >= 0.3 is 0 Å². The summed E-state index contributed by atoms with van der Waals surface area (Å²) in [5, 5.41) is 2.35. The lowest BCUT2D eigenvalue weighted by atomic mass is 9.94. The van der Waals surface area contributed by atoms with Crippen molar-refractivity contribution in [2.75, 3.05) is 13.1 Å². The van der Waals surface area contributed by atoms with E-state index in [2.05, 4.69) is 0 Å². The number of fused-ring (bicyclic) bond motifs is 1. The molecule has 3 heterocycles. The van der Waals surface area contributed by atoms with Gasteiger partial charge in [-0.1, -0.05) is 17.7 Å². The first kappa shape index (κ1) is 18.2. The standard InChI is InChI=1S/C19H17ClFN3O2S/c1-19(22)9-24(10-19)16(25)7-23-5-4-15-17(18(23)26)12(8-27-15)11-2-3-14(21)13(20)6-11/h2-6,8H,7,9-10,22H2,1H3. The lowest BCUT2D eigenvalue weighted by molar-refractivity contribution is -0.138. The zero-order valence-electron chi connectivity index (χ0n) is 14.5. The number of amides is 1. The quantitative estimate of drug-likeness (QED) is 0.728. The first-order valence-corrected chi connectivity index (χ1v) is 9.64. The molecule has 0 bridgehead atoms. The van der Waals surface area contributed by atoms with E-state index < -0.39 is 5.82 Å². The van der Waals surface area contributed by atoms with Gasteiger partial charge in [-0.25, -0.2) is 4.39 Å². The van der Waals surface area contributed by atoms with Crippen molar-refractivity contribution in [1.29, 1.82) is 0 Å². The van der Waals surface area contributed by atoms with Crippen LogP contribution in [0.1, 0.15) is 6.92 Å². The minimum absolute atomic E-state index is 0.000835. The van der Waals surface area contributed by atoms with Crippen LogP contribution in [0.2, 0.25) is 5.02 Å². The van der Waals surface area contributed by atoms with E-state index in [1.54, 1.807) is 17.2 Å². The maximum absolute atomic E-state index is 13.5. The van der Waals surface area contributed by atoms with Crippen LogP contribution in [0.4, 0.5) is 4.39 Å². The molecule has 1 aliphatic rings. The van der Waals surface area contributed by atoms with Gasteiger partial charge in [0.15, 0.2) is 0 Å². The number of thiophene rings is 1. The summed E-state index contributed by atoms with van der Waals surface area (Å²) in [6.07, 6.45) is 1.63. The fourth-order valence-corrected chi connectivity index (χ4v) is 4.47. The van der Waals surface area contributed by atoms with Gasteiger partial charge in [0.05, 0.1) is 10.4 Å². The zero-order valence-corrected chi connectivity index (χ0v) is 16.1. The van der Waals surface area contributed by atoms with Gasteiger partial charge in [0.1, 0.15) is 12.4 Å². The Hall–Kier alpha value is -2.22. The molecule has 27 heavy (non-hydrogen) atoms. The van der Waals surface area contributed by atoms with Crippen LogP contribution in [-0.4, -0.2) is 34.0 Å². The van der Waals surface area contributed by atoms with Gasteiger partial charge in [0.2, 0.25) is 5.91 Å². The molecule has 2 N–H and O–H groups in total. The third kappa shape index (κ3) is 3.26. The minimum atomic E-state index is -0.510. The Bertz CT molecular complexity index is 1110. The number of hydrogen-bond acceptors (Lipinski definition) is 4. The van der Waals surface area contributed by atoms with E-state index >= 15 is 0 Å². The van der Waals surface area contributed by atoms with Crippen LogP contribution in [0.15, 0.2) is 40.6 Å². The van der Waals surface area contributed by atoms with E-state index in [9.17, 15) is 14.0 Å². The molecule has 140 valence electrons. The Morgan fingerprint density at radius 2 is 2.11 bits per heavy atom. The van der Waals surface area contributed by atoms with Crippen molar-refractivity contribution in [3.8, 4) is 11.1 Å². The average Bonchev–Trinajstić information content (AvgIpc) is 3.02. The summed E-state index contributed by atoms with van der Waals surface area (Å²) in [4.78, 5) is 27.0. The minimum Gasteiger partial charge on any atom is -0.337 e. The second-order valence-corrected chi connectivity index (χ2v) is 8.49. The summed E-state index contributed by atoms with van der Waals surface area (Å²) in [6, 6.07) is 6.18. The summed E-state index contributed by atoms with van der Waals surface area (Å²) in [6.45, 7) is 2.83. The normalized spacial score (nSPS) is 15.8. The Morgan fingerprint density at radius 1 is 1.37 bits per heavy atom. The average molecular weight is 406 g/mol. The smallest absolute Gasteiger partial charge is 0.260 e. The Labute approximate surface area is 163 Å². The summed E-state index contributed by atoms with van der Waals surface area (Å²) in [5.41, 5.74) is 6.68. The number of carbonyl (C=O) groups is 1. The molecule has 5 nitrogen and oxygen atoms in total. The molecular formula is C19H17ClFN3O2S. The fourth-order valence-electron chi connectivity index (χ4n) is 3.33. The summed E-state index contributed by atoms with van der Waals surface area (Å²) in [5.74, 6) is -0.648. The number of rotatable bonds is 3. The van der Waals surface area contributed by atoms with Crippen LogP contribution >= 0.6 is 22.9 Å². The Morgan fingerprint density at radius 3 is 2.78 bits per heavy atom. The highest BCUT2D eigenvalue weighted by molar-refractivity contribution is 7.17. The van der Waals surface area contributed by atoms with Gasteiger partial charge in [0.25, 0.3) is 5.56 Å². The van der Waals surface area contributed by atoms with Gasteiger partial charge in [0, 0.05) is 40.5 Å². The third-order valence-corrected chi connectivity index (χ3v) is 5.93. The number of hydrogen-bond donors (Lipinski definition) is 1. The van der Waals surface area contributed by atoms with E-state index in [1.165, 1.54) is 28.0 Å². The molecule has 4 rings (SSSR count). The Balaban J connectivity index is 1.70. The first-order valence-electron chi connectivity index (χ1n) is 8.38. The molecule has 1 saturated heterocycles. The van der Waals surface area contributed by atoms with E-state index in [0.717, 1.165) is 4.70 Å². The van der Waals surface area contributed by atoms with Gasteiger partial charge in [-0.3, -0.25) is 9.59 Å². The van der Waals surface area contributed by atoms with E-state index in [1.807, 2.05) is 18.4 Å². The lowest BCUT2D eigenvalue weighted by Gasteiger charge is -2.45. The molecule has 0 aliphatic carbocycles. The predicted octanol–water partition coefficient (Wildman–Crippen LogP) is 3.08. The summed E-state index contributed by atoms with van der Waals surface area (Å²) >= 11 is 7.31. The number of nitrogens with zero attached hydrogens (tertiary/aromatic N) is 2. The molecule has 1 fully saturated rings. The van der Waals surface area contributed by atoms with Gasteiger partial charge in [-0.15, -0.1) is 11.3 Å². The van der Waals surface area contributed by atoms with Gasteiger partial charge in [-0.2, -0.15) is 0 Å². The van der Waals surface area contributed by atoms with Crippen molar-refractivity contribution in [3.05, 3.63) is 57.0 Å². The van der Waals surface area contributed by atoms with Crippen LogP contribution in [0.3, 0.4) is 0 Å². The molecule has 0 saturated carbocycles. The SMILES string of the molecule is CC1(N)CN(C(=O)Cn2ccc3scc(-c4ccc(F)c(Cl)c4)c3c2=O)C1. The van der Waals surface area contributed by atoms with Gasteiger partial charge < -0.3 is 15.2 Å². The van der Waals surface area contributed by atoms with Crippen LogP contribution in [-0.2, 0) is 11.3 Å². The van der Waals surface area contributed by atoms with Crippen molar-refractivity contribution in [1.82, 2.24) is 9.47 Å². The van der Waals surface area contributed by atoms with Crippen molar-refractivity contribution in [2.24, 2.45) is 5.73 Å². The largest absolute Gasteiger partial charge is 0.337 e. The molecule has 0 radical (unpaired) electrons. The van der Waals surface area contributed by atoms with Crippen molar-refractivity contribution in [2.45, 2.75) is 19.0 Å². The highest BCUT2D eigenvalue weighted by Crippen LogP contribution is 2.33. The molecule has 0 unspecified atom stereocenters. The molecule has 0 atom stereocenters. The van der Waals surface area contributed by atoms with Gasteiger partial charge in [-0.05, 0) is 30.7 Å². The zero-order chi connectivity index (χ0) is 19.3. The molecule has 1 amide bonds. The molecule has 3 aromatic rings. The Kier molecular flexibility index (Phi) is 4.33. The molecule has 1 aromatic carbocycles. The highest BCUT2D eigenvalue weighted by Gasteiger charge is 2.37. The second kappa shape index (κ2) is 6.44. The maximum Gasteiger partial charge on any atom is 0.260 e. The fraction of sp³-hybridized carbons (Fsp3) is 0.263. The van der Waals surface area contributed by atoms with Crippen LogP contribution in [0, 0.1) is 5.82 Å². The monoisotopic (exact) mass is 405 g/mol. The van der Waals surface area contributed by atoms with Crippen molar-refractivity contribution in [3.63, 3.8) is 0 Å². The molecular weight excluding hydrogens is 389 g/mol. The molecule has 1 aliphatic heterocycles. The third-order valence-electron chi connectivity index (χ3n) is 4.69. The molecule has 2 aromatic heterocycles. The predicted molar refractivity (Wildman–Crippen MR) is 106 cm³/mol. The van der Waals surface area contributed by atoms with E-state index in [0.29, 0.717) is 29.6 Å². The number of halogens is 2. The summed E-state index contributed by atoms with van der Waals surface area (Å²) < 4.78 is 15.7. The summed E-state index contributed by atoms with van der Waals surface area (Å²) in [7, 11) is 0. The lowest BCUT2D eigenvalue weighted by Crippen LogP contribution is -2.67.